The minimum atomic E-state index is -0.170. The van der Waals surface area contributed by atoms with E-state index in [1.54, 1.807) is 12.1 Å². The molecule has 1 aliphatic carbocycles. The van der Waals surface area contributed by atoms with Crippen LogP contribution in [0.1, 0.15) is 106 Å². The molecule has 0 bridgehead atoms. The number of halogens is 3. The normalized spacial score (nSPS) is 14.7. The average molecular weight is 725 g/mol. The third kappa shape index (κ3) is 11.2. The molecule has 4 heteroatoms. The minimum absolute atomic E-state index is 0. The second-order valence-corrected chi connectivity index (χ2v) is 15.5. The number of fused-ring (bicyclic) bond motifs is 3. The van der Waals surface area contributed by atoms with E-state index < -0.39 is 0 Å². The molecule has 0 saturated carbocycles. The van der Waals surface area contributed by atoms with Crippen molar-refractivity contribution in [3.8, 4) is 0 Å². The minimum Gasteiger partial charge on any atom is -1.00 e. The van der Waals surface area contributed by atoms with Crippen LogP contribution in [-0.4, -0.2) is 3.71 Å². The molecule has 1 unspecified atom stereocenters. The van der Waals surface area contributed by atoms with Gasteiger partial charge in [-0.3, -0.25) is 6.08 Å². The van der Waals surface area contributed by atoms with Crippen LogP contribution in [0.4, 0.5) is 4.39 Å². The molecule has 0 saturated heterocycles. The van der Waals surface area contributed by atoms with Crippen LogP contribution in [-0.2, 0) is 35.1 Å². The Balaban J connectivity index is 0.000000363. The van der Waals surface area contributed by atoms with Gasteiger partial charge in [-0.05, 0) is 10.8 Å². The number of hydrogen-bond donors (Lipinski definition) is 0. The predicted molar refractivity (Wildman–Crippen MR) is 184 cm³/mol. The quantitative estimate of drug-likeness (QED) is 0.229. The van der Waals surface area contributed by atoms with E-state index in [9.17, 15) is 4.39 Å². The maximum absolute atomic E-state index is 12.2. The van der Waals surface area contributed by atoms with Crippen molar-refractivity contribution in [3.05, 3.63) is 113 Å². The smallest absolute Gasteiger partial charge is 1.00 e. The van der Waals surface area contributed by atoms with E-state index in [0.717, 1.165) is 12.0 Å². The molecular formula is C41H51Cl2FZr-2. The van der Waals surface area contributed by atoms with Crippen LogP contribution in [0, 0.1) is 23.2 Å². The van der Waals surface area contributed by atoms with Crippen LogP contribution in [0.25, 0.3) is 21.5 Å². The van der Waals surface area contributed by atoms with E-state index in [4.69, 9.17) is 0 Å². The van der Waals surface area contributed by atoms with E-state index in [-0.39, 0.29) is 41.5 Å². The van der Waals surface area contributed by atoms with Gasteiger partial charge >= 0.3 is 68.0 Å². The first-order valence-electron chi connectivity index (χ1n) is 15.7. The van der Waals surface area contributed by atoms with Crippen LogP contribution in [0.15, 0.2) is 84.0 Å². The van der Waals surface area contributed by atoms with Gasteiger partial charge in [0.15, 0.2) is 0 Å². The SMILES string of the molecule is CC(C)(C)c1ccc2c(c1)[cH-]c1cc(C(C)(C)C)ccc12.CCC1=[C-]C(CC)C=C1C(C)(C)C.Fc1ccc([CH]=[Zr+2])cc1.[Cl-].[Cl-]. The van der Waals surface area contributed by atoms with Crippen molar-refractivity contribution in [2.75, 3.05) is 0 Å². The van der Waals surface area contributed by atoms with E-state index >= 15 is 0 Å². The van der Waals surface area contributed by atoms with E-state index in [1.807, 2.05) is 3.71 Å². The second-order valence-electron chi connectivity index (χ2n) is 14.8. The number of allylic oxidation sites excluding steroid dienone is 4. The zero-order chi connectivity index (χ0) is 32.2. The van der Waals surface area contributed by atoms with Gasteiger partial charge in [0.25, 0.3) is 0 Å². The Morgan fingerprint density at radius 2 is 1.20 bits per heavy atom. The third-order valence-corrected chi connectivity index (χ3v) is 8.95. The fourth-order valence-corrected chi connectivity index (χ4v) is 5.85. The molecule has 0 radical (unpaired) electrons. The Labute approximate surface area is 300 Å². The summed E-state index contributed by atoms with van der Waals surface area (Å²) in [4.78, 5) is 0. The number of benzene rings is 3. The van der Waals surface area contributed by atoms with Crippen LogP contribution in [0.2, 0.25) is 0 Å². The number of hydrogen-bond acceptors (Lipinski definition) is 0. The van der Waals surface area contributed by atoms with Crippen LogP contribution < -0.4 is 24.8 Å². The monoisotopic (exact) mass is 722 g/mol. The molecule has 4 aromatic rings. The van der Waals surface area contributed by atoms with Crippen molar-refractivity contribution >= 4 is 25.3 Å². The molecule has 0 N–H and O–H groups in total. The molecule has 1 atom stereocenters. The van der Waals surface area contributed by atoms with Gasteiger partial charge in [-0.2, -0.15) is 11.6 Å². The van der Waals surface area contributed by atoms with Gasteiger partial charge in [0.05, 0.1) is 0 Å². The average Bonchev–Trinajstić information content (AvgIpc) is 3.54. The largest absolute Gasteiger partial charge is 1.00 e. The third-order valence-electron chi connectivity index (χ3n) is 8.13. The molecule has 0 nitrogen and oxygen atoms in total. The predicted octanol–water partition coefficient (Wildman–Crippen LogP) is 5.98. The van der Waals surface area contributed by atoms with Crippen LogP contribution >= 0.6 is 0 Å². The summed E-state index contributed by atoms with van der Waals surface area (Å²) >= 11 is 1.34. The molecule has 0 fully saturated rings. The molecule has 0 spiro atoms. The summed E-state index contributed by atoms with van der Waals surface area (Å²) in [5.41, 5.74) is 7.56. The molecule has 45 heavy (non-hydrogen) atoms. The Hall–Kier alpha value is -1.73. The zero-order valence-corrected chi connectivity index (χ0v) is 33.1. The van der Waals surface area contributed by atoms with Gasteiger partial charge in [0.2, 0.25) is 0 Å². The summed E-state index contributed by atoms with van der Waals surface area (Å²) < 4.78 is 14.2. The summed E-state index contributed by atoms with van der Waals surface area (Å²) in [7, 11) is 0. The molecule has 242 valence electrons. The van der Waals surface area contributed by atoms with Gasteiger partial charge in [0, 0.05) is 0 Å². The Kier molecular flexibility index (Phi) is 15.5. The van der Waals surface area contributed by atoms with Gasteiger partial charge in [0.1, 0.15) is 0 Å². The van der Waals surface area contributed by atoms with Crippen molar-refractivity contribution in [1.82, 2.24) is 0 Å². The van der Waals surface area contributed by atoms with Crippen LogP contribution in [0.5, 0.6) is 0 Å². The standard InChI is InChI=1S/C21H25.C13H21.C7H5F.2ClH.Zr/c1-20(2,3)16-7-9-18-14(12-16)11-15-13-17(21(4,5)6)8-10-19(15)18;1-6-10-8-11(7-2)12(9-10)13(3,4)5;1-6-2-4-7(8)5-3-6;;;/h7-13H,1-6H3;9-10H,6-7H2,1-5H3;1-5H;2*1H;/q2*-1;;;;+2/p-2. The molecule has 0 aliphatic heterocycles. The molecule has 0 amide bonds. The molecule has 0 heterocycles. The summed E-state index contributed by atoms with van der Waals surface area (Å²) in [5.74, 6) is 0.403. The van der Waals surface area contributed by atoms with Crippen molar-refractivity contribution in [3.63, 3.8) is 0 Å². The van der Waals surface area contributed by atoms with Crippen molar-refractivity contribution < 1.29 is 53.4 Å². The maximum atomic E-state index is 12.2. The molecule has 5 rings (SSSR count). The van der Waals surface area contributed by atoms with Gasteiger partial charge in [-0.25, -0.2) is 5.57 Å². The Morgan fingerprint density at radius 3 is 1.53 bits per heavy atom. The second kappa shape index (κ2) is 16.9. The van der Waals surface area contributed by atoms with E-state index in [0.29, 0.717) is 11.3 Å². The first-order valence-corrected chi connectivity index (χ1v) is 17.1. The molecule has 4 aromatic carbocycles. The summed E-state index contributed by atoms with van der Waals surface area (Å²) in [6.07, 6.45) is 8.28. The van der Waals surface area contributed by atoms with Gasteiger partial charge < -0.3 is 24.8 Å². The van der Waals surface area contributed by atoms with E-state index in [2.05, 4.69) is 131 Å². The van der Waals surface area contributed by atoms with Crippen molar-refractivity contribution in [1.29, 1.82) is 0 Å². The van der Waals surface area contributed by atoms with Crippen molar-refractivity contribution in [2.45, 2.75) is 99.8 Å². The van der Waals surface area contributed by atoms with Crippen LogP contribution in [0.3, 0.4) is 0 Å². The number of rotatable bonds is 3. The topological polar surface area (TPSA) is 0 Å². The first kappa shape index (κ1) is 41.3. The molecular weight excluding hydrogens is 674 g/mol. The summed E-state index contributed by atoms with van der Waals surface area (Å²) in [6, 6.07) is 22.6. The summed E-state index contributed by atoms with van der Waals surface area (Å²) in [5, 5.41) is 5.48. The molecule has 1 aliphatic rings. The Bertz CT molecular complexity index is 1530. The first-order chi connectivity index (χ1) is 20.0. The Morgan fingerprint density at radius 1 is 0.733 bits per heavy atom. The fraction of sp³-hybridized carbons (Fsp3) is 0.415. The van der Waals surface area contributed by atoms with Gasteiger partial charge in [-0.15, -0.1) is 39.7 Å². The van der Waals surface area contributed by atoms with Crippen molar-refractivity contribution in [2.24, 2.45) is 11.3 Å². The van der Waals surface area contributed by atoms with Gasteiger partial charge in [-0.1, -0.05) is 136 Å². The molecule has 0 aromatic heterocycles. The maximum Gasteiger partial charge on any atom is -1.00 e. The fourth-order valence-electron chi connectivity index (χ4n) is 5.37. The zero-order valence-electron chi connectivity index (χ0n) is 29.1. The summed E-state index contributed by atoms with van der Waals surface area (Å²) in [6.45, 7) is 24.9. The van der Waals surface area contributed by atoms with E-state index in [1.165, 1.54) is 86.6 Å².